The van der Waals surface area contributed by atoms with Crippen molar-refractivity contribution in [2.45, 2.75) is 32.4 Å². The molecule has 1 N–H and O–H groups in total. The first-order chi connectivity index (χ1) is 7.25. The van der Waals surface area contributed by atoms with Crippen LogP contribution in [0.4, 0.5) is 0 Å². The summed E-state index contributed by atoms with van der Waals surface area (Å²) in [5.41, 5.74) is 0. The van der Waals surface area contributed by atoms with Gasteiger partial charge < -0.3 is 5.32 Å². The molecule has 0 saturated carbocycles. The molecule has 1 aromatic rings. The first-order valence-corrected chi connectivity index (χ1v) is 6.39. The lowest BCUT2D eigenvalue weighted by atomic mass is 10.1. The van der Waals surface area contributed by atoms with Crippen LogP contribution in [0.25, 0.3) is 0 Å². The smallest absolute Gasteiger partial charge is 0.0897 e. The summed E-state index contributed by atoms with van der Waals surface area (Å²) < 4.78 is 0. The normalized spacial score (nSPS) is 18.6. The van der Waals surface area contributed by atoms with Gasteiger partial charge in [-0.25, -0.2) is 4.98 Å². The zero-order chi connectivity index (χ0) is 10.7. The summed E-state index contributed by atoms with van der Waals surface area (Å²) in [4.78, 5) is 8.14. The fraction of sp³-hybridized carbons (Fsp3) is 0.727. The third-order valence-electron chi connectivity index (χ3n) is 3.01. The number of aromatic nitrogens is 1. The van der Waals surface area contributed by atoms with Crippen molar-refractivity contribution < 1.29 is 0 Å². The lowest BCUT2D eigenvalue weighted by Crippen LogP contribution is -2.40. The van der Waals surface area contributed by atoms with Gasteiger partial charge in [0, 0.05) is 23.7 Å². The maximum absolute atomic E-state index is 4.29. The van der Waals surface area contributed by atoms with E-state index < -0.39 is 0 Å². The standard InChI is InChI=1S/C11H19N3S/c1-9-13-7-11(15-9)8-14(2)10-3-5-12-6-4-10/h7,10,12H,3-6,8H2,1-2H3. The molecule has 0 spiro atoms. The molecule has 1 aliphatic heterocycles. The van der Waals surface area contributed by atoms with Crippen molar-refractivity contribution in [1.82, 2.24) is 15.2 Å². The van der Waals surface area contributed by atoms with Crippen LogP contribution in [-0.2, 0) is 6.54 Å². The summed E-state index contributed by atoms with van der Waals surface area (Å²) in [5.74, 6) is 0. The molecule has 0 unspecified atom stereocenters. The van der Waals surface area contributed by atoms with Crippen molar-refractivity contribution in [3.05, 3.63) is 16.1 Å². The predicted octanol–water partition coefficient (Wildman–Crippen LogP) is 1.64. The molecule has 1 saturated heterocycles. The van der Waals surface area contributed by atoms with Gasteiger partial charge in [0.2, 0.25) is 0 Å². The van der Waals surface area contributed by atoms with E-state index in [1.54, 1.807) is 0 Å². The number of thiazole rings is 1. The molecule has 1 fully saturated rings. The summed E-state index contributed by atoms with van der Waals surface area (Å²) in [6.07, 6.45) is 4.56. The van der Waals surface area contributed by atoms with E-state index in [0.29, 0.717) is 0 Å². The monoisotopic (exact) mass is 225 g/mol. The highest BCUT2D eigenvalue weighted by molar-refractivity contribution is 7.11. The van der Waals surface area contributed by atoms with Crippen molar-refractivity contribution in [1.29, 1.82) is 0 Å². The summed E-state index contributed by atoms with van der Waals surface area (Å²) >= 11 is 1.81. The first-order valence-electron chi connectivity index (χ1n) is 5.58. The minimum atomic E-state index is 0.744. The average molecular weight is 225 g/mol. The molecule has 0 atom stereocenters. The molecular formula is C11H19N3S. The molecule has 0 aromatic carbocycles. The van der Waals surface area contributed by atoms with Crippen LogP contribution in [0.2, 0.25) is 0 Å². The van der Waals surface area contributed by atoms with Gasteiger partial charge in [0.05, 0.1) is 5.01 Å². The Kier molecular flexibility index (Phi) is 3.72. The van der Waals surface area contributed by atoms with Gasteiger partial charge in [0.1, 0.15) is 0 Å². The molecule has 15 heavy (non-hydrogen) atoms. The predicted molar refractivity (Wildman–Crippen MR) is 64.2 cm³/mol. The van der Waals surface area contributed by atoms with Crippen LogP contribution in [0, 0.1) is 6.92 Å². The number of nitrogens with zero attached hydrogens (tertiary/aromatic N) is 2. The molecule has 1 aromatic heterocycles. The van der Waals surface area contributed by atoms with Gasteiger partial charge in [-0.1, -0.05) is 0 Å². The average Bonchev–Trinajstić information content (AvgIpc) is 2.65. The Hall–Kier alpha value is -0.450. The molecule has 3 nitrogen and oxygen atoms in total. The van der Waals surface area contributed by atoms with E-state index >= 15 is 0 Å². The van der Waals surface area contributed by atoms with Crippen LogP contribution in [0.3, 0.4) is 0 Å². The van der Waals surface area contributed by atoms with Gasteiger partial charge >= 0.3 is 0 Å². The van der Waals surface area contributed by atoms with E-state index in [9.17, 15) is 0 Å². The Labute approximate surface area is 95.5 Å². The van der Waals surface area contributed by atoms with Gasteiger partial charge in [0.15, 0.2) is 0 Å². The number of nitrogens with one attached hydrogen (secondary N) is 1. The molecule has 0 amide bonds. The molecule has 2 heterocycles. The topological polar surface area (TPSA) is 28.2 Å². The van der Waals surface area contributed by atoms with E-state index in [4.69, 9.17) is 0 Å². The SMILES string of the molecule is Cc1ncc(CN(C)C2CCNCC2)s1. The second-order valence-corrected chi connectivity index (χ2v) is 5.56. The second kappa shape index (κ2) is 5.05. The van der Waals surface area contributed by atoms with E-state index in [1.165, 1.54) is 22.7 Å². The molecule has 1 aliphatic rings. The molecular weight excluding hydrogens is 206 g/mol. The van der Waals surface area contributed by atoms with Gasteiger partial charge in [-0.3, -0.25) is 4.90 Å². The summed E-state index contributed by atoms with van der Waals surface area (Å²) in [6.45, 7) is 5.45. The second-order valence-electron chi connectivity index (χ2n) is 4.24. The zero-order valence-corrected chi connectivity index (χ0v) is 10.3. The van der Waals surface area contributed by atoms with Gasteiger partial charge in [-0.05, 0) is 39.9 Å². The molecule has 0 radical (unpaired) electrons. The molecule has 2 rings (SSSR count). The molecule has 4 heteroatoms. The van der Waals surface area contributed by atoms with Crippen LogP contribution in [0.1, 0.15) is 22.7 Å². The van der Waals surface area contributed by atoms with Gasteiger partial charge in [0.25, 0.3) is 0 Å². The molecule has 0 aliphatic carbocycles. The maximum Gasteiger partial charge on any atom is 0.0897 e. The fourth-order valence-corrected chi connectivity index (χ4v) is 2.96. The largest absolute Gasteiger partial charge is 0.317 e. The van der Waals surface area contributed by atoms with Crippen molar-refractivity contribution in [2.24, 2.45) is 0 Å². The third kappa shape index (κ3) is 3.00. The van der Waals surface area contributed by atoms with Crippen molar-refractivity contribution in [3.63, 3.8) is 0 Å². The fourth-order valence-electron chi connectivity index (χ4n) is 2.10. The van der Waals surface area contributed by atoms with Gasteiger partial charge in [-0.15, -0.1) is 11.3 Å². The van der Waals surface area contributed by atoms with E-state index in [0.717, 1.165) is 25.7 Å². The van der Waals surface area contributed by atoms with Crippen LogP contribution in [0.5, 0.6) is 0 Å². The zero-order valence-electron chi connectivity index (χ0n) is 9.49. The van der Waals surface area contributed by atoms with Gasteiger partial charge in [-0.2, -0.15) is 0 Å². The van der Waals surface area contributed by atoms with E-state index in [2.05, 4.69) is 29.2 Å². The maximum atomic E-state index is 4.29. The summed E-state index contributed by atoms with van der Waals surface area (Å²) in [7, 11) is 2.23. The minimum Gasteiger partial charge on any atom is -0.317 e. The Bertz CT molecular complexity index is 305. The van der Waals surface area contributed by atoms with Crippen molar-refractivity contribution in [2.75, 3.05) is 20.1 Å². The van der Waals surface area contributed by atoms with Crippen LogP contribution in [-0.4, -0.2) is 36.1 Å². The summed E-state index contributed by atoms with van der Waals surface area (Å²) in [6, 6.07) is 0.744. The highest BCUT2D eigenvalue weighted by Gasteiger charge is 2.18. The lowest BCUT2D eigenvalue weighted by molar-refractivity contribution is 0.193. The summed E-state index contributed by atoms with van der Waals surface area (Å²) in [5, 5.41) is 4.57. The Morgan fingerprint density at radius 3 is 2.87 bits per heavy atom. The van der Waals surface area contributed by atoms with Crippen molar-refractivity contribution in [3.8, 4) is 0 Å². The number of aryl methyl sites for hydroxylation is 1. The molecule has 84 valence electrons. The highest BCUT2D eigenvalue weighted by atomic mass is 32.1. The number of hydrogen-bond donors (Lipinski definition) is 1. The van der Waals surface area contributed by atoms with Crippen LogP contribution in [0.15, 0.2) is 6.20 Å². The lowest BCUT2D eigenvalue weighted by Gasteiger charge is -2.31. The molecule has 0 bridgehead atoms. The van der Waals surface area contributed by atoms with E-state index in [1.807, 2.05) is 17.5 Å². The number of rotatable bonds is 3. The highest BCUT2D eigenvalue weighted by Crippen LogP contribution is 2.17. The quantitative estimate of drug-likeness (QED) is 0.847. The Morgan fingerprint density at radius 1 is 1.53 bits per heavy atom. The number of piperidine rings is 1. The first kappa shape index (κ1) is 11.0. The Balaban J connectivity index is 1.88. The Morgan fingerprint density at radius 2 is 2.27 bits per heavy atom. The number of hydrogen-bond acceptors (Lipinski definition) is 4. The third-order valence-corrected chi connectivity index (χ3v) is 3.90. The van der Waals surface area contributed by atoms with E-state index in [-0.39, 0.29) is 0 Å². The van der Waals surface area contributed by atoms with Crippen molar-refractivity contribution >= 4 is 11.3 Å². The minimum absolute atomic E-state index is 0.744. The van der Waals surface area contributed by atoms with Crippen LogP contribution >= 0.6 is 11.3 Å². The van der Waals surface area contributed by atoms with Crippen LogP contribution < -0.4 is 5.32 Å².